The number of anilines is 1. The summed E-state index contributed by atoms with van der Waals surface area (Å²) < 4.78 is 33.2. The second-order valence-corrected chi connectivity index (χ2v) is 8.60. The van der Waals surface area contributed by atoms with Crippen LogP contribution in [0.1, 0.15) is 5.56 Å². The number of hydrogen-bond donors (Lipinski definition) is 1. The van der Waals surface area contributed by atoms with Crippen molar-refractivity contribution in [3.8, 4) is 16.9 Å². The molecule has 3 rings (SSSR count). The van der Waals surface area contributed by atoms with Crippen LogP contribution in [-0.4, -0.2) is 21.8 Å². The van der Waals surface area contributed by atoms with Gasteiger partial charge < -0.3 is 4.74 Å². The number of sulfonamides is 1. The number of ether oxygens (including phenoxy) is 1. The molecule has 3 aromatic carbocycles. The van der Waals surface area contributed by atoms with Crippen LogP contribution >= 0.6 is 11.8 Å². The maximum Gasteiger partial charge on any atom is 0.261 e. The number of hydrogen-bond acceptors (Lipinski definition) is 4. The Hall–Kier alpha value is -2.44. The fourth-order valence-corrected chi connectivity index (χ4v) is 4.18. The predicted molar refractivity (Wildman–Crippen MR) is 112 cm³/mol. The van der Waals surface area contributed by atoms with Crippen LogP contribution in [0.5, 0.6) is 5.75 Å². The molecule has 0 saturated heterocycles. The molecule has 0 spiro atoms. The first-order valence-electron chi connectivity index (χ1n) is 8.35. The van der Waals surface area contributed by atoms with E-state index in [4.69, 9.17) is 4.74 Å². The summed E-state index contributed by atoms with van der Waals surface area (Å²) in [6, 6.07) is 20.3. The van der Waals surface area contributed by atoms with Crippen LogP contribution < -0.4 is 9.46 Å². The van der Waals surface area contributed by atoms with Gasteiger partial charge in [0.2, 0.25) is 0 Å². The van der Waals surface area contributed by atoms with Crippen LogP contribution in [0, 0.1) is 6.92 Å². The van der Waals surface area contributed by atoms with Crippen molar-refractivity contribution in [2.75, 3.05) is 18.1 Å². The number of aryl methyl sites for hydroxylation is 1. The smallest absolute Gasteiger partial charge is 0.261 e. The summed E-state index contributed by atoms with van der Waals surface area (Å²) in [5.74, 6) is 0.612. The van der Waals surface area contributed by atoms with E-state index in [0.717, 1.165) is 16.7 Å². The summed E-state index contributed by atoms with van der Waals surface area (Å²) in [6.45, 7) is 1.88. The van der Waals surface area contributed by atoms with Crippen LogP contribution in [0.15, 0.2) is 76.5 Å². The van der Waals surface area contributed by atoms with E-state index in [2.05, 4.69) is 16.9 Å². The molecule has 3 aromatic rings. The van der Waals surface area contributed by atoms with E-state index in [1.807, 2.05) is 43.5 Å². The van der Waals surface area contributed by atoms with Crippen molar-refractivity contribution in [1.82, 2.24) is 0 Å². The average molecular weight is 400 g/mol. The highest BCUT2D eigenvalue weighted by Crippen LogP contribution is 2.29. The van der Waals surface area contributed by atoms with Crippen molar-refractivity contribution < 1.29 is 13.2 Å². The summed E-state index contributed by atoms with van der Waals surface area (Å²) >= 11 is 1.69. The van der Waals surface area contributed by atoms with E-state index < -0.39 is 10.0 Å². The molecule has 0 atom stereocenters. The zero-order valence-electron chi connectivity index (χ0n) is 15.4. The fourth-order valence-electron chi connectivity index (χ4n) is 2.65. The fraction of sp³-hybridized carbons (Fsp3) is 0.143. The summed E-state index contributed by atoms with van der Waals surface area (Å²) in [5.41, 5.74) is 3.42. The van der Waals surface area contributed by atoms with Crippen LogP contribution in [0.4, 0.5) is 5.69 Å². The molecule has 0 amide bonds. The molecule has 6 heteroatoms. The first-order valence-corrected chi connectivity index (χ1v) is 11.1. The summed E-state index contributed by atoms with van der Waals surface area (Å²) in [7, 11) is -2.14. The summed E-state index contributed by atoms with van der Waals surface area (Å²) in [6.07, 6.45) is 2.03. The molecular formula is C21H21NO3S2. The molecular weight excluding hydrogens is 378 g/mol. The first-order chi connectivity index (χ1) is 12.9. The van der Waals surface area contributed by atoms with Crippen LogP contribution in [-0.2, 0) is 10.0 Å². The molecule has 0 unspecified atom stereocenters. The van der Waals surface area contributed by atoms with Gasteiger partial charge in [0.1, 0.15) is 5.75 Å². The van der Waals surface area contributed by atoms with Crippen LogP contribution in [0.2, 0.25) is 0 Å². The van der Waals surface area contributed by atoms with Crippen molar-refractivity contribution in [3.63, 3.8) is 0 Å². The Labute approximate surface area is 164 Å². The third-order valence-corrected chi connectivity index (χ3v) is 6.40. The zero-order valence-corrected chi connectivity index (χ0v) is 17.0. The highest BCUT2D eigenvalue weighted by Gasteiger charge is 2.16. The Bertz CT molecular complexity index is 1030. The van der Waals surface area contributed by atoms with E-state index in [1.165, 1.54) is 17.0 Å². The Morgan fingerprint density at radius 2 is 1.52 bits per heavy atom. The summed E-state index contributed by atoms with van der Waals surface area (Å²) in [4.78, 5) is 1.38. The predicted octanol–water partition coefficient (Wildman–Crippen LogP) is 5.19. The molecule has 0 saturated carbocycles. The van der Waals surface area contributed by atoms with Gasteiger partial charge in [0.15, 0.2) is 0 Å². The first kappa shape index (κ1) is 19.3. The molecule has 0 aliphatic carbocycles. The van der Waals surface area contributed by atoms with E-state index >= 15 is 0 Å². The maximum absolute atomic E-state index is 12.7. The van der Waals surface area contributed by atoms with E-state index in [1.54, 1.807) is 31.0 Å². The van der Waals surface area contributed by atoms with Crippen molar-refractivity contribution in [2.45, 2.75) is 16.7 Å². The minimum Gasteiger partial charge on any atom is -0.497 e. The van der Waals surface area contributed by atoms with Gasteiger partial charge in [-0.3, -0.25) is 4.72 Å². The molecule has 0 radical (unpaired) electrons. The molecule has 0 bridgehead atoms. The van der Waals surface area contributed by atoms with Gasteiger partial charge in [0, 0.05) is 4.90 Å². The lowest BCUT2D eigenvalue weighted by Gasteiger charge is -2.13. The Morgan fingerprint density at radius 1 is 0.889 bits per heavy atom. The highest BCUT2D eigenvalue weighted by molar-refractivity contribution is 7.98. The van der Waals surface area contributed by atoms with Crippen LogP contribution in [0.25, 0.3) is 11.1 Å². The number of methoxy groups -OCH3 is 1. The average Bonchev–Trinajstić information content (AvgIpc) is 2.69. The number of benzene rings is 3. The molecule has 1 N–H and O–H groups in total. The lowest BCUT2D eigenvalue weighted by atomic mass is 10.0. The second-order valence-electron chi connectivity index (χ2n) is 6.04. The molecule has 0 fully saturated rings. The van der Waals surface area contributed by atoms with Crippen molar-refractivity contribution >= 4 is 27.5 Å². The SMILES string of the molecule is COc1ccc(S(=O)(=O)Nc2cc(-c3ccc(SC)cc3)ccc2C)cc1. The van der Waals surface area contributed by atoms with Crippen LogP contribution in [0.3, 0.4) is 0 Å². The van der Waals surface area contributed by atoms with Gasteiger partial charge in [0.25, 0.3) is 10.0 Å². The molecule has 0 aromatic heterocycles. The third kappa shape index (κ3) is 4.46. The van der Waals surface area contributed by atoms with E-state index in [9.17, 15) is 8.42 Å². The number of thioether (sulfide) groups is 1. The second kappa shape index (κ2) is 8.06. The van der Waals surface area contributed by atoms with Gasteiger partial charge in [-0.15, -0.1) is 11.8 Å². The minimum absolute atomic E-state index is 0.192. The van der Waals surface area contributed by atoms with Gasteiger partial charge in [-0.05, 0) is 72.3 Å². The molecule has 0 heterocycles. The quantitative estimate of drug-likeness (QED) is 0.579. The standard InChI is InChI=1S/C21H21NO3S2/c1-15-4-5-17(16-6-10-19(26-3)11-7-16)14-21(15)22-27(23,24)20-12-8-18(25-2)9-13-20/h4-14,22H,1-3H3. The highest BCUT2D eigenvalue weighted by atomic mass is 32.2. The molecule has 0 aliphatic rings. The zero-order chi connectivity index (χ0) is 19.4. The van der Waals surface area contributed by atoms with Gasteiger partial charge >= 0.3 is 0 Å². The lowest BCUT2D eigenvalue weighted by molar-refractivity contribution is 0.414. The van der Waals surface area contributed by atoms with Gasteiger partial charge in [-0.2, -0.15) is 0 Å². The Balaban J connectivity index is 1.91. The van der Waals surface area contributed by atoms with Crippen molar-refractivity contribution in [1.29, 1.82) is 0 Å². The van der Waals surface area contributed by atoms with Crippen molar-refractivity contribution in [3.05, 3.63) is 72.3 Å². The topological polar surface area (TPSA) is 55.4 Å². The Kier molecular flexibility index (Phi) is 5.77. The lowest BCUT2D eigenvalue weighted by Crippen LogP contribution is -2.13. The molecule has 4 nitrogen and oxygen atoms in total. The largest absolute Gasteiger partial charge is 0.497 e. The monoisotopic (exact) mass is 399 g/mol. The van der Waals surface area contributed by atoms with Gasteiger partial charge in [-0.25, -0.2) is 8.42 Å². The van der Waals surface area contributed by atoms with Crippen molar-refractivity contribution in [2.24, 2.45) is 0 Å². The number of nitrogens with one attached hydrogen (secondary N) is 1. The minimum atomic E-state index is -3.68. The third-order valence-electron chi connectivity index (χ3n) is 4.27. The Morgan fingerprint density at radius 3 is 2.11 bits per heavy atom. The normalized spacial score (nSPS) is 11.2. The van der Waals surface area contributed by atoms with E-state index in [0.29, 0.717) is 11.4 Å². The van der Waals surface area contributed by atoms with E-state index in [-0.39, 0.29) is 4.90 Å². The summed E-state index contributed by atoms with van der Waals surface area (Å²) in [5, 5.41) is 0. The molecule has 0 aliphatic heterocycles. The number of rotatable bonds is 6. The molecule has 27 heavy (non-hydrogen) atoms. The molecule has 140 valence electrons. The van der Waals surface area contributed by atoms with Gasteiger partial charge in [-0.1, -0.05) is 24.3 Å². The maximum atomic E-state index is 12.7. The van der Waals surface area contributed by atoms with Gasteiger partial charge in [0.05, 0.1) is 17.7 Å².